The second-order valence-corrected chi connectivity index (χ2v) is 7.13. The second-order valence-electron chi connectivity index (χ2n) is 7.13. The molecule has 6 nitrogen and oxygen atoms in total. The smallest absolute Gasteiger partial charge is 0.222 e. The summed E-state index contributed by atoms with van der Waals surface area (Å²) in [6, 6.07) is 24.8. The highest BCUT2D eigenvalue weighted by Gasteiger charge is 2.13. The van der Waals surface area contributed by atoms with E-state index in [1.165, 1.54) is 5.56 Å². The van der Waals surface area contributed by atoms with E-state index in [4.69, 9.17) is 5.73 Å². The predicted octanol–water partition coefficient (Wildman–Crippen LogP) is 4.95. The van der Waals surface area contributed by atoms with Crippen molar-refractivity contribution in [2.45, 2.75) is 6.54 Å². The molecule has 3 aromatic carbocycles. The number of hydrogen-bond acceptors (Lipinski definition) is 6. The number of nitrogen functional groups attached to an aromatic ring is 1. The van der Waals surface area contributed by atoms with Gasteiger partial charge in [0.2, 0.25) is 5.95 Å². The molecule has 5 aromatic rings. The minimum atomic E-state index is 0.226. The van der Waals surface area contributed by atoms with Crippen LogP contribution in [0.4, 0.5) is 11.8 Å². The zero-order valence-electron chi connectivity index (χ0n) is 16.7. The van der Waals surface area contributed by atoms with Gasteiger partial charge in [-0.3, -0.25) is 9.97 Å². The van der Waals surface area contributed by atoms with E-state index in [2.05, 4.69) is 67.7 Å². The van der Waals surface area contributed by atoms with E-state index >= 15 is 0 Å². The summed E-state index contributed by atoms with van der Waals surface area (Å²) in [5.74, 6) is 0.901. The first-order valence-electron chi connectivity index (χ1n) is 9.99. The number of nitrogens with two attached hydrogens (primary N) is 1. The molecule has 6 heteroatoms. The van der Waals surface area contributed by atoms with Gasteiger partial charge in [-0.1, -0.05) is 60.7 Å². The van der Waals surface area contributed by atoms with Crippen LogP contribution in [-0.2, 0) is 6.54 Å². The van der Waals surface area contributed by atoms with Gasteiger partial charge in [0.1, 0.15) is 5.82 Å². The van der Waals surface area contributed by atoms with E-state index in [1.807, 2.05) is 30.3 Å². The van der Waals surface area contributed by atoms with Crippen molar-refractivity contribution < 1.29 is 0 Å². The van der Waals surface area contributed by atoms with E-state index in [0.29, 0.717) is 12.4 Å². The molecule has 0 fully saturated rings. The van der Waals surface area contributed by atoms with E-state index in [9.17, 15) is 0 Å². The number of anilines is 2. The molecule has 150 valence electrons. The van der Waals surface area contributed by atoms with E-state index in [0.717, 1.165) is 33.3 Å². The zero-order valence-corrected chi connectivity index (χ0v) is 16.7. The Bertz CT molecular complexity index is 1340. The molecule has 0 bridgehead atoms. The van der Waals surface area contributed by atoms with Gasteiger partial charge in [-0.25, -0.2) is 4.98 Å². The van der Waals surface area contributed by atoms with Crippen LogP contribution in [0.25, 0.3) is 33.2 Å². The molecular weight excluding hydrogens is 384 g/mol. The molecule has 0 aliphatic heterocycles. The SMILES string of the molecule is Nc1nc(NCc2cnccn2)c2c(-c3cccc(-c4ccccc4)c3)cccc2n1. The minimum absolute atomic E-state index is 0.226. The molecule has 0 aliphatic rings. The molecule has 31 heavy (non-hydrogen) atoms. The normalized spacial score (nSPS) is 10.8. The Morgan fingerprint density at radius 1 is 0.774 bits per heavy atom. The monoisotopic (exact) mass is 404 g/mol. The lowest BCUT2D eigenvalue weighted by molar-refractivity contribution is 0.999. The summed E-state index contributed by atoms with van der Waals surface area (Å²) in [5.41, 5.74) is 12.0. The molecule has 0 radical (unpaired) electrons. The van der Waals surface area contributed by atoms with Gasteiger partial charge < -0.3 is 11.1 Å². The number of fused-ring (bicyclic) bond motifs is 1. The maximum atomic E-state index is 5.99. The summed E-state index contributed by atoms with van der Waals surface area (Å²) in [6.45, 7) is 0.484. The van der Waals surface area contributed by atoms with Gasteiger partial charge in [0, 0.05) is 12.4 Å². The fraction of sp³-hybridized carbons (Fsp3) is 0.0400. The molecule has 0 saturated carbocycles. The standard InChI is InChI=1S/C25H20N6/c26-25-30-22-11-5-10-21(19-9-4-8-18(14-19)17-6-2-1-3-7-17)23(22)24(31-25)29-16-20-15-27-12-13-28-20/h1-15H,16H2,(H3,26,29,30,31). The van der Waals surface area contributed by atoms with Crippen molar-refractivity contribution in [2.75, 3.05) is 11.1 Å². The highest BCUT2D eigenvalue weighted by atomic mass is 15.1. The van der Waals surface area contributed by atoms with Gasteiger partial charge in [0.25, 0.3) is 0 Å². The molecule has 2 aromatic heterocycles. The topological polar surface area (TPSA) is 89.6 Å². The largest absolute Gasteiger partial charge is 0.368 e. The lowest BCUT2D eigenvalue weighted by atomic mass is 9.96. The van der Waals surface area contributed by atoms with Crippen LogP contribution in [0.15, 0.2) is 91.4 Å². The van der Waals surface area contributed by atoms with E-state index < -0.39 is 0 Å². The van der Waals surface area contributed by atoms with Crippen LogP contribution >= 0.6 is 0 Å². The maximum Gasteiger partial charge on any atom is 0.222 e. The minimum Gasteiger partial charge on any atom is -0.368 e. The molecule has 0 spiro atoms. The van der Waals surface area contributed by atoms with E-state index in [1.54, 1.807) is 18.6 Å². The fourth-order valence-electron chi connectivity index (χ4n) is 3.66. The Kier molecular flexibility index (Phi) is 4.94. The third-order valence-corrected chi connectivity index (χ3v) is 5.07. The number of benzene rings is 3. The number of hydrogen-bond donors (Lipinski definition) is 2. The molecule has 0 atom stereocenters. The van der Waals surface area contributed by atoms with Crippen LogP contribution < -0.4 is 11.1 Å². The summed E-state index contributed by atoms with van der Waals surface area (Å²) in [6.07, 6.45) is 5.05. The Labute approximate surface area is 179 Å². The van der Waals surface area contributed by atoms with Gasteiger partial charge in [-0.2, -0.15) is 4.98 Å². The maximum absolute atomic E-state index is 5.99. The molecule has 0 unspecified atom stereocenters. The average Bonchev–Trinajstić information content (AvgIpc) is 2.83. The Morgan fingerprint density at radius 3 is 2.42 bits per heavy atom. The third kappa shape index (κ3) is 3.91. The quantitative estimate of drug-likeness (QED) is 0.431. The number of aromatic nitrogens is 4. The van der Waals surface area contributed by atoms with Crippen LogP contribution in [0, 0.1) is 0 Å². The Morgan fingerprint density at radius 2 is 1.58 bits per heavy atom. The zero-order chi connectivity index (χ0) is 21.0. The second kappa shape index (κ2) is 8.20. The third-order valence-electron chi connectivity index (χ3n) is 5.07. The highest BCUT2D eigenvalue weighted by molar-refractivity contribution is 6.02. The molecule has 0 amide bonds. The van der Waals surface area contributed by atoms with Crippen molar-refractivity contribution in [3.63, 3.8) is 0 Å². The van der Waals surface area contributed by atoms with Gasteiger partial charge in [0.05, 0.1) is 29.3 Å². The summed E-state index contributed by atoms with van der Waals surface area (Å²) in [7, 11) is 0. The van der Waals surface area contributed by atoms with Gasteiger partial charge >= 0.3 is 0 Å². The van der Waals surface area contributed by atoms with Gasteiger partial charge in [0.15, 0.2) is 0 Å². The van der Waals surface area contributed by atoms with E-state index in [-0.39, 0.29) is 5.95 Å². The number of rotatable bonds is 5. The fourth-order valence-corrected chi connectivity index (χ4v) is 3.66. The summed E-state index contributed by atoms with van der Waals surface area (Å²) >= 11 is 0. The van der Waals surface area contributed by atoms with Crippen LogP contribution in [0.1, 0.15) is 5.69 Å². The van der Waals surface area contributed by atoms with Crippen molar-refractivity contribution in [3.05, 3.63) is 97.1 Å². The molecule has 0 saturated heterocycles. The van der Waals surface area contributed by atoms with Crippen LogP contribution in [0.3, 0.4) is 0 Å². The van der Waals surface area contributed by atoms with Gasteiger partial charge in [-0.15, -0.1) is 0 Å². The highest BCUT2D eigenvalue weighted by Crippen LogP contribution is 2.34. The average molecular weight is 404 g/mol. The predicted molar refractivity (Wildman–Crippen MR) is 124 cm³/mol. The van der Waals surface area contributed by atoms with Crippen molar-refractivity contribution in [2.24, 2.45) is 0 Å². The van der Waals surface area contributed by atoms with Crippen molar-refractivity contribution in [1.82, 2.24) is 19.9 Å². The molecule has 5 rings (SSSR count). The summed E-state index contributed by atoms with van der Waals surface area (Å²) in [4.78, 5) is 17.4. The Hall–Kier alpha value is -4.32. The molecular formula is C25H20N6. The summed E-state index contributed by atoms with van der Waals surface area (Å²) < 4.78 is 0. The first kappa shape index (κ1) is 18.7. The lowest BCUT2D eigenvalue weighted by Gasteiger charge is -2.14. The lowest BCUT2D eigenvalue weighted by Crippen LogP contribution is -2.07. The van der Waals surface area contributed by atoms with Crippen molar-refractivity contribution in [1.29, 1.82) is 0 Å². The molecule has 2 heterocycles. The van der Waals surface area contributed by atoms with Crippen molar-refractivity contribution >= 4 is 22.7 Å². The van der Waals surface area contributed by atoms with Crippen molar-refractivity contribution in [3.8, 4) is 22.3 Å². The van der Waals surface area contributed by atoms with Crippen LogP contribution in [0.5, 0.6) is 0 Å². The Balaban J connectivity index is 1.61. The molecule has 0 aliphatic carbocycles. The van der Waals surface area contributed by atoms with Crippen LogP contribution in [0.2, 0.25) is 0 Å². The first-order valence-corrected chi connectivity index (χ1v) is 9.99. The summed E-state index contributed by atoms with van der Waals surface area (Å²) in [5, 5.41) is 4.29. The number of nitrogens with zero attached hydrogens (tertiary/aromatic N) is 4. The molecule has 3 N–H and O–H groups in total. The van der Waals surface area contributed by atoms with Crippen LogP contribution in [-0.4, -0.2) is 19.9 Å². The number of nitrogens with one attached hydrogen (secondary N) is 1. The first-order chi connectivity index (χ1) is 15.3. The van der Waals surface area contributed by atoms with Gasteiger partial charge in [-0.05, 0) is 34.4 Å².